The van der Waals surface area contributed by atoms with Crippen molar-refractivity contribution in [3.05, 3.63) is 101 Å². The number of thioether (sulfide) groups is 1. The van der Waals surface area contributed by atoms with Crippen LogP contribution < -0.4 is 10.6 Å². The lowest BCUT2D eigenvalue weighted by Crippen LogP contribution is -2.28. The van der Waals surface area contributed by atoms with Crippen LogP contribution in [0.2, 0.25) is 0 Å². The Balaban J connectivity index is 1.44. The van der Waals surface area contributed by atoms with Crippen molar-refractivity contribution < 1.29 is 19.1 Å². The highest BCUT2D eigenvalue weighted by Gasteiger charge is 2.32. The molecule has 0 bridgehead atoms. The summed E-state index contributed by atoms with van der Waals surface area (Å²) in [6.45, 7) is 1.32. The molecule has 1 saturated heterocycles. The summed E-state index contributed by atoms with van der Waals surface area (Å²) in [5.41, 5.74) is 3.32. The van der Waals surface area contributed by atoms with Crippen LogP contribution in [0.1, 0.15) is 37.2 Å². The molecule has 0 saturated carbocycles. The Bertz CT molecular complexity index is 1180. The Morgan fingerprint density at radius 2 is 1.69 bits per heavy atom. The van der Waals surface area contributed by atoms with Crippen molar-refractivity contribution in [3.63, 3.8) is 0 Å². The fourth-order valence-electron chi connectivity index (χ4n) is 3.83. The molecule has 35 heavy (non-hydrogen) atoms. The molecule has 4 rings (SSSR count). The van der Waals surface area contributed by atoms with Gasteiger partial charge in [0.1, 0.15) is 5.37 Å². The summed E-state index contributed by atoms with van der Waals surface area (Å²) in [7, 11) is 1.57. The Labute approximate surface area is 208 Å². The summed E-state index contributed by atoms with van der Waals surface area (Å²) >= 11 is 1.58. The van der Waals surface area contributed by atoms with E-state index >= 15 is 0 Å². The summed E-state index contributed by atoms with van der Waals surface area (Å²) in [4.78, 5) is 39.8. The Kier molecular flexibility index (Phi) is 8.18. The van der Waals surface area contributed by atoms with Crippen molar-refractivity contribution in [2.45, 2.75) is 11.9 Å². The van der Waals surface area contributed by atoms with Crippen LogP contribution in [-0.4, -0.2) is 48.6 Å². The number of methoxy groups -OCH3 is 1. The zero-order valence-corrected chi connectivity index (χ0v) is 20.2. The molecule has 1 atom stereocenters. The molecule has 1 aliphatic rings. The van der Waals surface area contributed by atoms with Gasteiger partial charge in [-0.1, -0.05) is 54.6 Å². The standard InChI is InChI=1S/C27H27N3O4S/c1-34-16-15-28-26(33)22-9-5-6-10-23(22)29-25(32)20-11-13-21(14-12-20)27-30(24(31)18-35-27)17-19-7-3-2-4-8-19/h2-14,27H,15-18H2,1H3,(H,28,33)(H,29,32)/t27-/m1/s1. The van der Waals surface area contributed by atoms with Gasteiger partial charge in [0.2, 0.25) is 5.91 Å². The van der Waals surface area contributed by atoms with Gasteiger partial charge < -0.3 is 20.3 Å². The smallest absolute Gasteiger partial charge is 0.255 e. The zero-order valence-electron chi connectivity index (χ0n) is 19.4. The average Bonchev–Trinajstić information content (AvgIpc) is 3.25. The fraction of sp³-hybridized carbons (Fsp3) is 0.222. The number of ether oxygens (including phenoxy) is 1. The van der Waals surface area contributed by atoms with Crippen LogP contribution in [0.5, 0.6) is 0 Å². The number of carbonyl (C=O) groups excluding carboxylic acids is 3. The van der Waals surface area contributed by atoms with Crippen LogP contribution in [0, 0.1) is 0 Å². The molecule has 0 spiro atoms. The molecule has 1 heterocycles. The SMILES string of the molecule is COCCNC(=O)c1ccccc1NC(=O)c1ccc([C@H]2SCC(=O)N2Cc2ccccc2)cc1. The zero-order chi connectivity index (χ0) is 24.6. The quantitative estimate of drug-likeness (QED) is 0.442. The first-order chi connectivity index (χ1) is 17.1. The molecule has 0 aliphatic carbocycles. The number of carbonyl (C=O) groups is 3. The minimum absolute atomic E-state index is 0.101. The molecule has 3 amide bonds. The van der Waals surface area contributed by atoms with Gasteiger partial charge in [-0.3, -0.25) is 14.4 Å². The van der Waals surface area contributed by atoms with Crippen molar-refractivity contribution in [1.82, 2.24) is 10.2 Å². The highest BCUT2D eigenvalue weighted by Crippen LogP contribution is 2.39. The molecule has 7 nitrogen and oxygen atoms in total. The third-order valence-corrected chi connectivity index (χ3v) is 6.89. The highest BCUT2D eigenvalue weighted by molar-refractivity contribution is 8.00. The third-order valence-electron chi connectivity index (χ3n) is 5.63. The topological polar surface area (TPSA) is 87.7 Å². The summed E-state index contributed by atoms with van der Waals surface area (Å²) in [6, 6.07) is 24.0. The van der Waals surface area contributed by atoms with E-state index < -0.39 is 0 Å². The van der Waals surface area contributed by atoms with E-state index in [4.69, 9.17) is 4.74 Å². The van der Waals surface area contributed by atoms with Gasteiger partial charge in [0, 0.05) is 25.8 Å². The average molecular weight is 490 g/mol. The third kappa shape index (κ3) is 6.09. The van der Waals surface area contributed by atoms with Crippen LogP contribution in [0.25, 0.3) is 0 Å². The molecular formula is C27H27N3O4S. The summed E-state index contributed by atoms with van der Waals surface area (Å²) in [5, 5.41) is 5.50. The predicted molar refractivity (Wildman–Crippen MR) is 137 cm³/mol. The number of nitrogens with one attached hydrogen (secondary N) is 2. The molecule has 0 radical (unpaired) electrons. The summed E-state index contributed by atoms with van der Waals surface area (Å²) in [6.07, 6.45) is 0. The molecule has 3 aromatic carbocycles. The second-order valence-corrected chi connectivity index (χ2v) is 9.11. The van der Waals surface area contributed by atoms with Crippen LogP contribution in [0.4, 0.5) is 5.69 Å². The Hall–Kier alpha value is -3.62. The maximum atomic E-state index is 12.9. The molecule has 0 aromatic heterocycles. The normalized spacial score (nSPS) is 15.2. The van der Waals surface area contributed by atoms with E-state index in [2.05, 4.69) is 10.6 Å². The largest absolute Gasteiger partial charge is 0.383 e. The number of rotatable bonds is 9. The first kappa shape index (κ1) is 24.5. The van der Waals surface area contributed by atoms with Crippen molar-refractivity contribution in [2.75, 3.05) is 31.3 Å². The predicted octanol–water partition coefficient (Wildman–Crippen LogP) is 4.09. The van der Waals surface area contributed by atoms with E-state index in [1.165, 1.54) is 0 Å². The maximum Gasteiger partial charge on any atom is 0.255 e. The van der Waals surface area contributed by atoms with E-state index in [1.807, 2.05) is 47.4 Å². The van der Waals surface area contributed by atoms with Crippen LogP contribution in [0.15, 0.2) is 78.9 Å². The van der Waals surface area contributed by atoms with Gasteiger partial charge in [-0.15, -0.1) is 11.8 Å². The summed E-state index contributed by atoms with van der Waals surface area (Å²) < 4.78 is 4.96. The van der Waals surface area contributed by atoms with Crippen LogP contribution in [-0.2, 0) is 16.1 Å². The van der Waals surface area contributed by atoms with E-state index in [-0.39, 0.29) is 23.1 Å². The van der Waals surface area contributed by atoms with Gasteiger partial charge >= 0.3 is 0 Å². The molecule has 180 valence electrons. The molecule has 2 N–H and O–H groups in total. The maximum absolute atomic E-state index is 12.9. The fourth-order valence-corrected chi connectivity index (χ4v) is 5.01. The number of nitrogens with zero attached hydrogens (tertiary/aromatic N) is 1. The second-order valence-electron chi connectivity index (χ2n) is 8.04. The van der Waals surface area contributed by atoms with Gasteiger partial charge in [0.05, 0.1) is 23.6 Å². The summed E-state index contributed by atoms with van der Waals surface area (Å²) in [5.74, 6) is -0.0612. The van der Waals surface area contributed by atoms with Crippen molar-refractivity contribution in [3.8, 4) is 0 Å². The lowest BCUT2D eigenvalue weighted by molar-refractivity contribution is -0.128. The molecule has 1 aliphatic heterocycles. The van der Waals surface area contributed by atoms with E-state index in [1.54, 1.807) is 55.3 Å². The minimum atomic E-state index is -0.315. The highest BCUT2D eigenvalue weighted by atomic mass is 32.2. The number of para-hydroxylation sites is 1. The lowest BCUT2D eigenvalue weighted by atomic mass is 10.1. The molecular weight excluding hydrogens is 462 g/mol. The van der Waals surface area contributed by atoms with E-state index in [0.29, 0.717) is 42.3 Å². The van der Waals surface area contributed by atoms with Crippen molar-refractivity contribution in [2.24, 2.45) is 0 Å². The van der Waals surface area contributed by atoms with E-state index in [9.17, 15) is 14.4 Å². The van der Waals surface area contributed by atoms with Crippen LogP contribution in [0.3, 0.4) is 0 Å². The van der Waals surface area contributed by atoms with Gasteiger partial charge in [-0.2, -0.15) is 0 Å². The number of anilines is 1. The Morgan fingerprint density at radius 3 is 2.43 bits per heavy atom. The van der Waals surface area contributed by atoms with Crippen LogP contribution >= 0.6 is 11.8 Å². The lowest BCUT2D eigenvalue weighted by Gasteiger charge is -2.24. The first-order valence-electron chi connectivity index (χ1n) is 11.3. The Morgan fingerprint density at radius 1 is 0.971 bits per heavy atom. The van der Waals surface area contributed by atoms with Gasteiger partial charge in [0.15, 0.2) is 0 Å². The molecule has 1 fully saturated rings. The van der Waals surface area contributed by atoms with Crippen molar-refractivity contribution >= 4 is 35.2 Å². The molecule has 3 aromatic rings. The van der Waals surface area contributed by atoms with E-state index in [0.717, 1.165) is 11.1 Å². The number of hydrogen-bond acceptors (Lipinski definition) is 5. The number of amides is 3. The number of benzene rings is 3. The van der Waals surface area contributed by atoms with Gasteiger partial charge in [-0.05, 0) is 35.4 Å². The monoisotopic (exact) mass is 489 g/mol. The number of hydrogen-bond donors (Lipinski definition) is 2. The second kappa shape index (κ2) is 11.7. The van der Waals surface area contributed by atoms with Gasteiger partial charge in [0.25, 0.3) is 11.8 Å². The van der Waals surface area contributed by atoms with Crippen molar-refractivity contribution in [1.29, 1.82) is 0 Å². The molecule has 8 heteroatoms. The van der Waals surface area contributed by atoms with Gasteiger partial charge in [-0.25, -0.2) is 0 Å². The molecule has 0 unspecified atom stereocenters. The minimum Gasteiger partial charge on any atom is -0.383 e. The first-order valence-corrected chi connectivity index (χ1v) is 12.3.